The van der Waals surface area contributed by atoms with E-state index in [1.54, 1.807) is 19.1 Å². The summed E-state index contributed by atoms with van der Waals surface area (Å²) in [5, 5.41) is 4.56. The second-order valence-corrected chi connectivity index (χ2v) is 6.51. The van der Waals surface area contributed by atoms with E-state index < -0.39 is 0 Å². The van der Waals surface area contributed by atoms with E-state index >= 15 is 0 Å². The van der Waals surface area contributed by atoms with Crippen LogP contribution >= 0.6 is 0 Å². The molecule has 4 rings (SSSR count). The molecule has 6 nitrogen and oxygen atoms in total. The summed E-state index contributed by atoms with van der Waals surface area (Å²) in [5.74, 6) is 0.524. The van der Waals surface area contributed by atoms with Crippen LogP contribution in [0.1, 0.15) is 17.9 Å². The summed E-state index contributed by atoms with van der Waals surface area (Å²) in [5.41, 5.74) is 2.54. The van der Waals surface area contributed by atoms with Gasteiger partial charge in [0.25, 0.3) is 0 Å². The third kappa shape index (κ3) is 2.58. The Morgan fingerprint density at radius 1 is 1.31 bits per heavy atom. The van der Waals surface area contributed by atoms with Crippen molar-refractivity contribution in [2.75, 3.05) is 27.2 Å². The number of para-hydroxylation sites is 1. The number of methoxy groups -OCH3 is 1. The quantitative estimate of drug-likeness (QED) is 0.784. The molecular formula is C20H20N2O4. The molecule has 1 fully saturated rings. The number of carbonyl (C=O) groups is 2. The number of benzene rings is 2. The van der Waals surface area contributed by atoms with Gasteiger partial charge in [-0.1, -0.05) is 24.3 Å². The Labute approximate surface area is 150 Å². The monoisotopic (exact) mass is 352 g/mol. The van der Waals surface area contributed by atoms with Gasteiger partial charge < -0.3 is 19.4 Å². The second kappa shape index (κ2) is 6.37. The van der Waals surface area contributed by atoms with Gasteiger partial charge in [0.1, 0.15) is 5.58 Å². The highest BCUT2D eigenvalue weighted by molar-refractivity contribution is 6.09. The maximum absolute atomic E-state index is 12.4. The van der Waals surface area contributed by atoms with Crippen molar-refractivity contribution in [3.8, 4) is 5.75 Å². The summed E-state index contributed by atoms with van der Waals surface area (Å²) in [6.45, 7) is 0.616. The minimum absolute atomic E-state index is 0.00429. The zero-order valence-electron chi connectivity index (χ0n) is 14.7. The molecule has 6 heteroatoms. The first-order valence-corrected chi connectivity index (χ1v) is 8.59. The van der Waals surface area contributed by atoms with E-state index in [0.717, 1.165) is 21.9 Å². The van der Waals surface area contributed by atoms with Gasteiger partial charge in [-0.15, -0.1) is 0 Å². The fourth-order valence-corrected chi connectivity index (χ4v) is 3.72. The molecule has 0 bridgehead atoms. The van der Waals surface area contributed by atoms with Crippen LogP contribution in [0, 0.1) is 0 Å². The molecule has 0 radical (unpaired) electrons. The number of furan rings is 1. The Morgan fingerprint density at radius 3 is 2.88 bits per heavy atom. The van der Waals surface area contributed by atoms with Crippen LogP contribution in [0.3, 0.4) is 0 Å². The van der Waals surface area contributed by atoms with E-state index in [2.05, 4.69) is 5.32 Å². The van der Waals surface area contributed by atoms with Gasteiger partial charge in [0.05, 0.1) is 13.7 Å². The van der Waals surface area contributed by atoms with Crippen molar-refractivity contribution < 1.29 is 18.7 Å². The van der Waals surface area contributed by atoms with E-state index in [-0.39, 0.29) is 24.3 Å². The van der Waals surface area contributed by atoms with Crippen molar-refractivity contribution in [2.24, 2.45) is 0 Å². The van der Waals surface area contributed by atoms with E-state index in [4.69, 9.17) is 9.15 Å². The van der Waals surface area contributed by atoms with Gasteiger partial charge in [-0.3, -0.25) is 9.59 Å². The highest BCUT2D eigenvalue weighted by Gasteiger charge is 2.33. The molecule has 0 spiro atoms. The molecule has 1 aliphatic rings. The lowest BCUT2D eigenvalue weighted by atomic mass is 9.93. The normalized spacial score (nSPS) is 17.2. The van der Waals surface area contributed by atoms with Crippen LogP contribution in [0.5, 0.6) is 5.75 Å². The van der Waals surface area contributed by atoms with Gasteiger partial charge in [-0.25, -0.2) is 0 Å². The van der Waals surface area contributed by atoms with Crippen molar-refractivity contribution >= 4 is 33.8 Å². The van der Waals surface area contributed by atoms with Crippen molar-refractivity contribution in [3.05, 3.63) is 42.0 Å². The van der Waals surface area contributed by atoms with Crippen LogP contribution in [-0.4, -0.2) is 44.0 Å². The van der Waals surface area contributed by atoms with Gasteiger partial charge in [-0.2, -0.15) is 0 Å². The molecule has 2 heterocycles. The number of rotatable bonds is 4. The molecule has 1 atom stereocenters. The first-order valence-electron chi connectivity index (χ1n) is 8.59. The summed E-state index contributed by atoms with van der Waals surface area (Å²) in [6.07, 6.45) is 0.387. The third-order valence-corrected chi connectivity index (χ3v) is 5.01. The molecule has 2 aromatic carbocycles. The van der Waals surface area contributed by atoms with E-state index in [0.29, 0.717) is 24.3 Å². The van der Waals surface area contributed by atoms with Crippen molar-refractivity contribution in [1.82, 2.24) is 10.2 Å². The Balaban J connectivity index is 1.80. The average Bonchev–Trinajstić information content (AvgIpc) is 3.22. The molecule has 0 aliphatic carbocycles. The van der Waals surface area contributed by atoms with E-state index in [1.165, 1.54) is 0 Å². The largest absolute Gasteiger partial charge is 0.493 e. The number of carbonyl (C=O) groups excluding carboxylic acids is 2. The number of ether oxygens (including phenoxy) is 1. The standard InChI is InChI=1S/C20H20N2O4/c1-21-17(23)11-22-10-12(9-18(22)24)13-7-8-16(25-2)20-19(13)14-5-3-4-6-15(14)26-20/h3-8,12H,9-11H2,1-2H3,(H,21,23). The number of amides is 2. The smallest absolute Gasteiger partial charge is 0.239 e. The lowest BCUT2D eigenvalue weighted by molar-refractivity contribution is -0.132. The second-order valence-electron chi connectivity index (χ2n) is 6.51. The lowest BCUT2D eigenvalue weighted by Gasteiger charge is -2.16. The Morgan fingerprint density at radius 2 is 2.12 bits per heavy atom. The Kier molecular flexibility index (Phi) is 4.03. The summed E-state index contributed by atoms with van der Waals surface area (Å²) in [7, 11) is 3.19. The summed E-state index contributed by atoms with van der Waals surface area (Å²) >= 11 is 0. The third-order valence-electron chi connectivity index (χ3n) is 5.01. The first kappa shape index (κ1) is 16.4. The molecule has 1 saturated heterocycles. The summed E-state index contributed by atoms with van der Waals surface area (Å²) in [6, 6.07) is 11.7. The lowest BCUT2D eigenvalue weighted by Crippen LogP contribution is -2.36. The maximum Gasteiger partial charge on any atom is 0.239 e. The number of fused-ring (bicyclic) bond motifs is 3. The van der Waals surface area contributed by atoms with Crippen molar-refractivity contribution in [3.63, 3.8) is 0 Å². The molecule has 134 valence electrons. The Hall–Kier alpha value is -3.02. The molecule has 1 N–H and O–H groups in total. The number of hydrogen-bond acceptors (Lipinski definition) is 4. The van der Waals surface area contributed by atoms with Crippen LogP contribution in [0.25, 0.3) is 21.9 Å². The summed E-state index contributed by atoms with van der Waals surface area (Å²) in [4.78, 5) is 25.6. The number of nitrogens with zero attached hydrogens (tertiary/aromatic N) is 1. The van der Waals surface area contributed by atoms with Gasteiger partial charge in [0, 0.05) is 36.7 Å². The fourth-order valence-electron chi connectivity index (χ4n) is 3.72. The molecule has 26 heavy (non-hydrogen) atoms. The zero-order valence-corrected chi connectivity index (χ0v) is 14.7. The zero-order chi connectivity index (χ0) is 18.3. The predicted molar refractivity (Wildman–Crippen MR) is 98.3 cm³/mol. The topological polar surface area (TPSA) is 71.8 Å². The molecule has 3 aromatic rings. The van der Waals surface area contributed by atoms with Crippen molar-refractivity contribution in [2.45, 2.75) is 12.3 Å². The van der Waals surface area contributed by atoms with Crippen LogP contribution < -0.4 is 10.1 Å². The van der Waals surface area contributed by atoms with Crippen LogP contribution in [0.15, 0.2) is 40.8 Å². The number of likely N-dealkylation sites (N-methyl/N-ethyl adjacent to an activating group) is 1. The molecule has 1 unspecified atom stereocenters. The minimum Gasteiger partial charge on any atom is -0.493 e. The number of nitrogens with one attached hydrogen (secondary N) is 1. The highest BCUT2D eigenvalue weighted by atomic mass is 16.5. The van der Waals surface area contributed by atoms with Crippen LogP contribution in [0.2, 0.25) is 0 Å². The fraction of sp³-hybridized carbons (Fsp3) is 0.300. The average molecular weight is 352 g/mol. The number of hydrogen-bond donors (Lipinski definition) is 1. The van der Waals surface area contributed by atoms with Crippen LogP contribution in [0.4, 0.5) is 0 Å². The summed E-state index contributed by atoms with van der Waals surface area (Å²) < 4.78 is 11.5. The van der Waals surface area contributed by atoms with Gasteiger partial charge >= 0.3 is 0 Å². The van der Waals surface area contributed by atoms with Crippen molar-refractivity contribution in [1.29, 1.82) is 0 Å². The SMILES string of the molecule is CNC(=O)CN1CC(c2ccc(OC)c3oc4ccccc4c23)CC1=O. The molecule has 1 aromatic heterocycles. The minimum atomic E-state index is -0.160. The Bertz CT molecular complexity index is 1010. The van der Waals surface area contributed by atoms with Gasteiger partial charge in [0.15, 0.2) is 11.3 Å². The maximum atomic E-state index is 12.4. The predicted octanol–water partition coefficient (Wildman–Crippen LogP) is 2.66. The molecule has 2 amide bonds. The van der Waals surface area contributed by atoms with Crippen LogP contribution in [-0.2, 0) is 9.59 Å². The van der Waals surface area contributed by atoms with E-state index in [1.807, 2.05) is 36.4 Å². The molecule has 0 saturated carbocycles. The van der Waals surface area contributed by atoms with E-state index in [9.17, 15) is 9.59 Å². The number of likely N-dealkylation sites (tertiary alicyclic amines) is 1. The highest BCUT2D eigenvalue weighted by Crippen LogP contribution is 2.41. The molecular weight excluding hydrogens is 332 g/mol. The molecule has 1 aliphatic heterocycles. The first-order chi connectivity index (χ1) is 12.6. The van der Waals surface area contributed by atoms with Gasteiger partial charge in [0.2, 0.25) is 11.8 Å². The van der Waals surface area contributed by atoms with Gasteiger partial charge in [-0.05, 0) is 17.7 Å².